The number of esters is 1. The summed E-state index contributed by atoms with van der Waals surface area (Å²) < 4.78 is 10.9. The van der Waals surface area contributed by atoms with Crippen LogP contribution in [0.15, 0.2) is 57.9 Å². The molecule has 0 unspecified atom stereocenters. The van der Waals surface area contributed by atoms with E-state index in [4.69, 9.17) is 44.0 Å². The van der Waals surface area contributed by atoms with Gasteiger partial charge in [-0.1, -0.05) is 40.9 Å². The molecule has 34 heavy (non-hydrogen) atoms. The summed E-state index contributed by atoms with van der Waals surface area (Å²) in [6, 6.07) is 13.2. The van der Waals surface area contributed by atoms with Gasteiger partial charge in [-0.05, 0) is 61.2 Å². The van der Waals surface area contributed by atoms with Gasteiger partial charge in [0.25, 0.3) is 11.1 Å². The Morgan fingerprint density at radius 1 is 1.06 bits per heavy atom. The summed E-state index contributed by atoms with van der Waals surface area (Å²) in [4.78, 5) is 38.7. The molecule has 2 heterocycles. The van der Waals surface area contributed by atoms with E-state index in [9.17, 15) is 14.4 Å². The summed E-state index contributed by atoms with van der Waals surface area (Å²) in [5, 5.41) is 0.574. The molecule has 6 nitrogen and oxygen atoms in total. The topological polar surface area (TPSA) is 76.8 Å². The lowest BCUT2D eigenvalue weighted by Crippen LogP contribution is -2.27. The van der Waals surface area contributed by atoms with Crippen molar-refractivity contribution in [1.29, 1.82) is 0 Å². The molecular formula is C24H16Cl3NO5S. The van der Waals surface area contributed by atoms with Crippen LogP contribution in [0.2, 0.25) is 15.1 Å². The maximum atomic E-state index is 12.9. The predicted octanol–water partition coefficient (Wildman–Crippen LogP) is 7.32. The lowest BCUT2D eigenvalue weighted by Gasteiger charge is -2.14. The van der Waals surface area contributed by atoms with Crippen molar-refractivity contribution in [3.05, 3.63) is 85.4 Å². The number of imide groups is 1. The Morgan fingerprint density at radius 2 is 1.79 bits per heavy atom. The Hall–Kier alpha value is -2.71. The monoisotopic (exact) mass is 535 g/mol. The molecule has 0 N–H and O–H groups in total. The van der Waals surface area contributed by atoms with Gasteiger partial charge in [0.05, 0.1) is 28.6 Å². The summed E-state index contributed by atoms with van der Waals surface area (Å²) in [5.41, 5.74) is 1.32. The second-order valence-electron chi connectivity index (χ2n) is 7.09. The molecule has 0 radical (unpaired) electrons. The number of hydrogen-bond acceptors (Lipinski definition) is 6. The van der Waals surface area contributed by atoms with Crippen LogP contribution >= 0.6 is 46.6 Å². The molecule has 4 rings (SSSR count). The van der Waals surface area contributed by atoms with Gasteiger partial charge in [0, 0.05) is 27.2 Å². The molecule has 1 saturated heterocycles. The molecule has 1 aliphatic rings. The van der Waals surface area contributed by atoms with Crippen LogP contribution in [0, 0.1) is 0 Å². The first-order valence-electron chi connectivity index (χ1n) is 10.0. The van der Waals surface area contributed by atoms with Gasteiger partial charge < -0.3 is 9.15 Å². The molecule has 10 heteroatoms. The van der Waals surface area contributed by atoms with E-state index in [0.717, 1.165) is 16.7 Å². The van der Waals surface area contributed by atoms with Crippen LogP contribution in [-0.4, -0.2) is 28.6 Å². The third-order valence-electron chi connectivity index (χ3n) is 4.90. The summed E-state index contributed by atoms with van der Waals surface area (Å²) in [6.07, 6.45) is 1.49. The van der Waals surface area contributed by atoms with Crippen molar-refractivity contribution in [2.24, 2.45) is 0 Å². The largest absolute Gasteiger partial charge is 0.462 e. The number of nitrogens with zero attached hydrogens (tertiary/aromatic N) is 1. The Morgan fingerprint density at radius 3 is 2.50 bits per heavy atom. The number of hydrogen-bond donors (Lipinski definition) is 0. The Balaban J connectivity index is 1.56. The molecule has 0 aliphatic carbocycles. The van der Waals surface area contributed by atoms with E-state index in [0.29, 0.717) is 32.7 Å². The van der Waals surface area contributed by atoms with Crippen LogP contribution in [0.5, 0.6) is 0 Å². The van der Waals surface area contributed by atoms with Crippen LogP contribution in [0.1, 0.15) is 28.6 Å². The van der Waals surface area contributed by atoms with E-state index in [-0.39, 0.29) is 28.6 Å². The molecule has 0 spiro atoms. The van der Waals surface area contributed by atoms with Crippen molar-refractivity contribution < 1.29 is 23.5 Å². The maximum absolute atomic E-state index is 12.9. The highest BCUT2D eigenvalue weighted by atomic mass is 35.5. The first-order chi connectivity index (χ1) is 16.3. The summed E-state index contributed by atoms with van der Waals surface area (Å²) in [7, 11) is 0. The number of halogens is 3. The number of benzene rings is 2. The van der Waals surface area contributed by atoms with Crippen molar-refractivity contribution in [3.63, 3.8) is 0 Å². The standard InChI is InChI=1S/C24H16Cl3NO5S/c1-2-32-23(30)15-10-13(6-8-19(15)27)20-9-7-14(33-20)11-21-22(29)28(24(31)34-21)12-16-17(25)4-3-5-18(16)26/h3-11H,2,12H2,1H3/b21-11-. The molecule has 1 aliphatic heterocycles. The molecule has 1 aromatic heterocycles. The van der Waals surface area contributed by atoms with Gasteiger partial charge in [0.1, 0.15) is 11.5 Å². The number of carbonyl (C=O) groups is 3. The van der Waals surface area contributed by atoms with Crippen molar-refractivity contribution in [3.8, 4) is 11.3 Å². The minimum Gasteiger partial charge on any atom is -0.462 e. The van der Waals surface area contributed by atoms with Crippen LogP contribution < -0.4 is 0 Å². The average Bonchev–Trinajstić information content (AvgIpc) is 3.36. The number of thioether (sulfide) groups is 1. The smallest absolute Gasteiger partial charge is 0.339 e. The second kappa shape index (κ2) is 10.3. The first-order valence-corrected chi connectivity index (χ1v) is 12.0. The molecule has 174 valence electrons. The average molecular weight is 537 g/mol. The minimum atomic E-state index is -0.534. The molecule has 0 bridgehead atoms. The summed E-state index contributed by atoms with van der Waals surface area (Å²) >= 11 is 19.3. The highest BCUT2D eigenvalue weighted by molar-refractivity contribution is 8.18. The van der Waals surface area contributed by atoms with Gasteiger partial charge in [-0.2, -0.15) is 0 Å². The molecule has 1 fully saturated rings. The zero-order valence-electron chi connectivity index (χ0n) is 17.6. The van der Waals surface area contributed by atoms with Gasteiger partial charge in [0.2, 0.25) is 0 Å². The molecule has 2 aromatic carbocycles. The van der Waals surface area contributed by atoms with Gasteiger partial charge in [-0.3, -0.25) is 14.5 Å². The van der Waals surface area contributed by atoms with Crippen molar-refractivity contribution in [1.82, 2.24) is 4.90 Å². The van der Waals surface area contributed by atoms with Crippen LogP contribution in [0.3, 0.4) is 0 Å². The van der Waals surface area contributed by atoms with Crippen LogP contribution in [0.25, 0.3) is 17.4 Å². The zero-order chi connectivity index (χ0) is 24.4. The highest BCUT2D eigenvalue weighted by Gasteiger charge is 2.36. The predicted molar refractivity (Wildman–Crippen MR) is 133 cm³/mol. The fourth-order valence-corrected chi connectivity index (χ4v) is 4.77. The summed E-state index contributed by atoms with van der Waals surface area (Å²) in [5.74, 6) is -0.187. The second-order valence-corrected chi connectivity index (χ2v) is 9.30. The number of amides is 2. The SMILES string of the molecule is CCOC(=O)c1cc(-c2ccc(/C=C3\SC(=O)N(Cc4c(Cl)cccc4Cl)C3=O)o2)ccc1Cl. The first kappa shape index (κ1) is 24.4. The molecule has 0 saturated carbocycles. The molecule has 2 amide bonds. The van der Waals surface area contributed by atoms with Gasteiger partial charge in [0.15, 0.2) is 0 Å². The molecule has 3 aromatic rings. The third-order valence-corrected chi connectivity index (χ3v) is 6.84. The van der Waals surface area contributed by atoms with Gasteiger partial charge >= 0.3 is 5.97 Å². The number of carbonyl (C=O) groups excluding carboxylic acids is 3. The van der Waals surface area contributed by atoms with Crippen molar-refractivity contribution in [2.75, 3.05) is 6.61 Å². The Labute approximate surface area is 214 Å². The van der Waals surface area contributed by atoms with Crippen LogP contribution in [-0.2, 0) is 16.1 Å². The third kappa shape index (κ3) is 5.03. The molecule has 0 atom stereocenters. The Kier molecular flexibility index (Phi) is 7.38. The maximum Gasteiger partial charge on any atom is 0.339 e. The fraction of sp³-hybridized carbons (Fsp3) is 0.125. The van der Waals surface area contributed by atoms with Crippen molar-refractivity contribution >= 4 is 69.8 Å². The summed E-state index contributed by atoms with van der Waals surface area (Å²) in [6.45, 7) is 1.90. The van der Waals surface area contributed by atoms with E-state index in [2.05, 4.69) is 0 Å². The van der Waals surface area contributed by atoms with Crippen molar-refractivity contribution in [2.45, 2.75) is 13.5 Å². The fourth-order valence-electron chi connectivity index (χ4n) is 3.24. The zero-order valence-corrected chi connectivity index (χ0v) is 20.7. The van der Waals surface area contributed by atoms with E-state index >= 15 is 0 Å². The van der Waals surface area contributed by atoms with Gasteiger partial charge in [-0.15, -0.1) is 0 Å². The normalized spacial score (nSPS) is 14.8. The lowest BCUT2D eigenvalue weighted by atomic mass is 10.1. The van der Waals surface area contributed by atoms with E-state index in [1.54, 1.807) is 55.5 Å². The van der Waals surface area contributed by atoms with Crippen LogP contribution in [0.4, 0.5) is 4.79 Å². The minimum absolute atomic E-state index is 0.0364. The van der Waals surface area contributed by atoms with Gasteiger partial charge in [-0.25, -0.2) is 4.79 Å². The lowest BCUT2D eigenvalue weighted by molar-refractivity contribution is -0.123. The number of rotatable bonds is 6. The molecular weight excluding hydrogens is 521 g/mol. The quantitative estimate of drug-likeness (QED) is 0.243. The Bertz CT molecular complexity index is 1310. The van der Waals surface area contributed by atoms with E-state index < -0.39 is 17.1 Å². The van der Waals surface area contributed by atoms with E-state index in [1.165, 1.54) is 6.08 Å². The number of ether oxygens (including phenoxy) is 1. The highest BCUT2D eigenvalue weighted by Crippen LogP contribution is 2.36. The van der Waals surface area contributed by atoms with E-state index in [1.807, 2.05) is 0 Å². The number of furan rings is 1.